The maximum absolute atomic E-state index is 10.4. The molecule has 0 aromatic carbocycles. The van der Waals surface area contributed by atoms with Crippen LogP contribution in [0.2, 0.25) is 0 Å². The Hall–Kier alpha value is -1.48. The third kappa shape index (κ3) is 12.2. The van der Waals surface area contributed by atoms with Crippen molar-refractivity contribution in [2.45, 2.75) is 37.4 Å². The van der Waals surface area contributed by atoms with Gasteiger partial charge in [-0.25, -0.2) is 28.6 Å². The number of rotatable bonds is 3. The molecule has 0 unspecified atom stereocenters. The smallest absolute Gasteiger partial charge is 0.394 e. The van der Waals surface area contributed by atoms with Gasteiger partial charge in [-0.1, -0.05) is 6.92 Å². The van der Waals surface area contributed by atoms with E-state index in [-0.39, 0.29) is 5.82 Å². The van der Waals surface area contributed by atoms with Gasteiger partial charge in [0.1, 0.15) is 30.2 Å². The number of hydrogen-bond donors (Lipinski definition) is 13. The lowest BCUT2D eigenvalue weighted by molar-refractivity contribution is -0.147. The predicted octanol–water partition coefficient (Wildman–Crippen LogP) is -4.20. The number of nitrogens with two attached hydrogens (primary N) is 1. The summed E-state index contributed by atoms with van der Waals surface area (Å²) in [6, 6.07) is 0. The van der Waals surface area contributed by atoms with Crippen LogP contribution in [0, 0.1) is 0 Å². The zero-order valence-electron chi connectivity index (χ0n) is 18.0. The second-order valence-electron chi connectivity index (χ2n) is 6.56. The molecule has 24 heteroatoms. The lowest BCUT2D eigenvalue weighted by Gasteiger charge is -2.32. The molecule has 0 radical (unpaired) electrons. The first-order valence-corrected chi connectivity index (χ1v) is 13.7. The zero-order chi connectivity index (χ0) is 28.7. The lowest BCUT2D eigenvalue weighted by atomic mass is 10.00. The van der Waals surface area contributed by atoms with Crippen molar-refractivity contribution in [3.63, 3.8) is 0 Å². The molecule has 36 heavy (non-hydrogen) atoms. The Kier molecular flexibility index (Phi) is 12.8. The molecule has 1 aliphatic heterocycles. The Labute approximate surface area is 200 Å². The third-order valence-corrected chi connectivity index (χ3v) is 3.98. The number of nitrogen functional groups attached to an aromatic ring is 1. The maximum Gasteiger partial charge on any atom is 0.466 e. The second kappa shape index (κ2) is 13.4. The first kappa shape index (κ1) is 34.5. The van der Waals surface area contributed by atoms with Crippen molar-refractivity contribution < 1.29 is 77.8 Å². The molecule has 0 spiro atoms. The van der Waals surface area contributed by atoms with Crippen LogP contribution in [0.15, 0.2) is 12.7 Å². The monoisotopic (exact) mass is 589 g/mol. The Bertz CT molecular complexity index is 1040. The molecule has 0 saturated carbocycles. The first-order valence-electron chi connectivity index (χ1n) is 8.98. The van der Waals surface area contributed by atoms with Crippen molar-refractivity contribution in [2.24, 2.45) is 0 Å². The summed E-state index contributed by atoms with van der Waals surface area (Å²) in [5.41, 5.74) is 5.28. The molecular formula is C12H26N5O16P3. The van der Waals surface area contributed by atoms with Gasteiger partial charge in [0.05, 0.1) is 12.9 Å². The number of imidazole rings is 1. The van der Waals surface area contributed by atoms with Crippen LogP contribution >= 0.6 is 23.5 Å². The van der Waals surface area contributed by atoms with Gasteiger partial charge >= 0.3 is 23.5 Å². The van der Waals surface area contributed by atoms with Gasteiger partial charge in [-0.2, -0.15) is 0 Å². The Morgan fingerprint density at radius 2 is 1.39 bits per heavy atom. The minimum atomic E-state index is -4.64. The number of ether oxygens (including phenoxy) is 1. The van der Waals surface area contributed by atoms with Gasteiger partial charge in [-0.15, -0.1) is 0 Å². The van der Waals surface area contributed by atoms with E-state index in [9.17, 15) is 15.3 Å². The summed E-state index contributed by atoms with van der Waals surface area (Å²) in [5.74, 6) is 0.219. The van der Waals surface area contributed by atoms with E-state index in [0.717, 1.165) is 0 Å². The summed E-state index contributed by atoms with van der Waals surface area (Å²) in [6.45, 7) is 1.40. The van der Waals surface area contributed by atoms with Gasteiger partial charge in [0.2, 0.25) is 0 Å². The van der Waals surface area contributed by atoms with Gasteiger partial charge in [0.15, 0.2) is 17.2 Å². The van der Waals surface area contributed by atoms with E-state index in [4.69, 9.17) is 68.2 Å². The van der Waals surface area contributed by atoms with E-state index in [1.807, 2.05) is 0 Å². The Balaban J connectivity index is 0.000000672. The number of anilines is 1. The minimum Gasteiger partial charge on any atom is -0.394 e. The molecule has 3 heterocycles. The fourth-order valence-electron chi connectivity index (χ4n) is 2.81. The van der Waals surface area contributed by atoms with Crippen LogP contribution in [0.4, 0.5) is 5.82 Å². The van der Waals surface area contributed by atoms with E-state index >= 15 is 0 Å². The summed E-state index contributed by atoms with van der Waals surface area (Å²) in [6.07, 6.45) is -0.233. The van der Waals surface area contributed by atoms with Crippen molar-refractivity contribution in [3.8, 4) is 0 Å². The van der Waals surface area contributed by atoms with E-state index in [1.165, 1.54) is 17.2 Å². The van der Waals surface area contributed by atoms with Crippen molar-refractivity contribution in [1.29, 1.82) is 0 Å². The summed E-state index contributed by atoms with van der Waals surface area (Å²) >= 11 is 0. The summed E-state index contributed by atoms with van der Waals surface area (Å²) in [5, 5.41) is 29.7. The standard InChI is InChI=1S/C12H17N5O4.3H3O4P/c1-2-12(9(20)8(19)6(3-18)21-12)17-5-16-7-10(13)14-4-15-11(7)17;3*1-5(2,3)4/h4-6,8-9,18-20H,2-3H2,1H3,(H2,13,14,15);3*(H3,1,2,3,4)/t6-,8-,9-,12-;;;/m1.../s1. The molecule has 1 fully saturated rings. The summed E-state index contributed by atoms with van der Waals surface area (Å²) < 4.78 is 33.9. The van der Waals surface area contributed by atoms with Crippen molar-refractivity contribution in [2.75, 3.05) is 12.3 Å². The van der Waals surface area contributed by atoms with E-state index in [0.29, 0.717) is 17.6 Å². The quantitative estimate of drug-likeness (QED) is 0.151. The van der Waals surface area contributed by atoms with Gasteiger partial charge in [0.25, 0.3) is 0 Å². The highest BCUT2D eigenvalue weighted by atomic mass is 31.2. The largest absolute Gasteiger partial charge is 0.466 e. The van der Waals surface area contributed by atoms with Crippen molar-refractivity contribution in [3.05, 3.63) is 12.7 Å². The molecule has 14 N–H and O–H groups in total. The van der Waals surface area contributed by atoms with Crippen LogP contribution in [-0.2, 0) is 24.2 Å². The van der Waals surface area contributed by atoms with Crippen LogP contribution in [0.5, 0.6) is 0 Å². The average Bonchev–Trinajstić information content (AvgIpc) is 3.20. The molecule has 3 rings (SSSR count). The molecular weight excluding hydrogens is 563 g/mol. The second-order valence-corrected chi connectivity index (χ2v) is 9.64. The SMILES string of the molecule is CC[C@@]1(n2cnc3c(N)ncnc32)O[C@H](CO)[C@@H](O)[C@H]1O.O=P(O)(O)O.O=P(O)(O)O.O=P(O)(O)O. The van der Waals surface area contributed by atoms with Crippen LogP contribution in [-0.4, -0.2) is 104 Å². The molecule has 2 aromatic rings. The number of phosphoric acid groups is 3. The highest BCUT2D eigenvalue weighted by Crippen LogP contribution is 2.40. The van der Waals surface area contributed by atoms with Crippen LogP contribution in [0.3, 0.4) is 0 Å². The van der Waals surface area contributed by atoms with Gasteiger partial charge in [-0.3, -0.25) is 4.57 Å². The fourth-order valence-corrected chi connectivity index (χ4v) is 2.81. The van der Waals surface area contributed by atoms with Gasteiger partial charge < -0.3 is 69.8 Å². The van der Waals surface area contributed by atoms with Crippen molar-refractivity contribution >= 4 is 40.4 Å². The summed E-state index contributed by atoms with van der Waals surface area (Å²) in [4.78, 5) is 76.8. The molecule has 4 atom stereocenters. The van der Waals surface area contributed by atoms with Gasteiger partial charge in [-0.05, 0) is 6.42 Å². The fraction of sp³-hybridized carbons (Fsp3) is 0.583. The molecule has 0 bridgehead atoms. The topological polar surface area (TPSA) is 373 Å². The number of aliphatic hydroxyl groups is 3. The van der Waals surface area contributed by atoms with Crippen molar-refractivity contribution in [1.82, 2.24) is 19.5 Å². The first-order chi connectivity index (χ1) is 16.0. The normalized spacial score (nSPS) is 24.1. The van der Waals surface area contributed by atoms with Crippen LogP contribution in [0.1, 0.15) is 13.3 Å². The Morgan fingerprint density at radius 1 is 0.944 bits per heavy atom. The maximum atomic E-state index is 10.4. The van der Waals surface area contributed by atoms with Crippen LogP contribution in [0.25, 0.3) is 11.2 Å². The molecule has 2 aromatic heterocycles. The minimum absolute atomic E-state index is 0.219. The number of aromatic nitrogens is 4. The highest BCUT2D eigenvalue weighted by molar-refractivity contribution is 7.45. The van der Waals surface area contributed by atoms with E-state index in [2.05, 4.69) is 15.0 Å². The highest BCUT2D eigenvalue weighted by Gasteiger charge is 2.54. The van der Waals surface area contributed by atoms with Gasteiger partial charge in [0, 0.05) is 0 Å². The number of fused-ring (bicyclic) bond motifs is 1. The molecule has 1 saturated heterocycles. The number of aliphatic hydroxyl groups excluding tert-OH is 3. The number of hydrogen-bond acceptors (Lipinski definition) is 11. The molecule has 210 valence electrons. The van der Waals surface area contributed by atoms with Crippen LogP contribution < -0.4 is 5.73 Å². The molecule has 0 amide bonds. The molecule has 1 aliphatic rings. The number of nitrogens with zero attached hydrogens (tertiary/aromatic N) is 4. The molecule has 21 nitrogen and oxygen atoms in total. The van der Waals surface area contributed by atoms with E-state index in [1.54, 1.807) is 6.92 Å². The van der Waals surface area contributed by atoms with E-state index < -0.39 is 54.1 Å². The summed E-state index contributed by atoms with van der Waals surface area (Å²) in [7, 11) is -13.9. The predicted molar refractivity (Wildman–Crippen MR) is 115 cm³/mol. The average molecular weight is 589 g/mol. The third-order valence-electron chi connectivity index (χ3n) is 3.98. The lowest BCUT2D eigenvalue weighted by Crippen LogP contribution is -2.45. The molecule has 0 aliphatic carbocycles. The zero-order valence-corrected chi connectivity index (χ0v) is 20.7. The Morgan fingerprint density at radius 3 is 1.75 bits per heavy atom.